The third-order valence-corrected chi connectivity index (χ3v) is 1.81. The van der Waals surface area contributed by atoms with Gasteiger partial charge in [0.1, 0.15) is 11.9 Å². The summed E-state index contributed by atoms with van der Waals surface area (Å²) in [5, 5.41) is 8.46. The number of rotatable bonds is 1. The summed E-state index contributed by atoms with van der Waals surface area (Å²) in [4.78, 5) is 0. The van der Waals surface area contributed by atoms with Gasteiger partial charge in [0.05, 0.1) is 18.2 Å². The van der Waals surface area contributed by atoms with Gasteiger partial charge in [-0.3, -0.25) is 0 Å². The van der Waals surface area contributed by atoms with Gasteiger partial charge in [-0.25, -0.2) is 4.39 Å². The molecule has 0 aliphatic carbocycles. The molecule has 1 atom stereocenters. The van der Waals surface area contributed by atoms with Crippen molar-refractivity contribution in [2.45, 2.75) is 6.10 Å². The highest BCUT2D eigenvalue weighted by Crippen LogP contribution is 2.31. The highest BCUT2D eigenvalue weighted by molar-refractivity contribution is 5.34. The first-order chi connectivity index (χ1) is 5.81. The molecule has 0 spiro atoms. The summed E-state index contributed by atoms with van der Waals surface area (Å²) < 4.78 is 18.0. The van der Waals surface area contributed by atoms with Crippen LogP contribution in [0, 0.1) is 17.1 Å². The Morgan fingerprint density at radius 3 is 2.83 bits per heavy atom. The number of ether oxygens (including phenoxy) is 1. The van der Waals surface area contributed by atoms with Gasteiger partial charge >= 0.3 is 0 Å². The van der Waals surface area contributed by atoms with E-state index in [1.54, 1.807) is 12.1 Å². The van der Waals surface area contributed by atoms with E-state index in [0.29, 0.717) is 17.7 Å². The minimum Gasteiger partial charge on any atom is -0.368 e. The molecule has 60 valence electrons. The molecule has 3 heteroatoms. The Hall–Kier alpha value is -1.40. The van der Waals surface area contributed by atoms with Crippen LogP contribution in [0.25, 0.3) is 0 Å². The Balaban J connectivity index is 2.40. The molecule has 1 saturated heterocycles. The fraction of sp³-hybridized carbons (Fsp3) is 0.222. The summed E-state index contributed by atoms with van der Waals surface area (Å²) in [6.45, 7) is 0.586. The highest BCUT2D eigenvalue weighted by Gasteiger charge is 2.27. The maximum Gasteiger partial charge on any atom is 0.130 e. The minimum absolute atomic E-state index is 0.0854. The molecule has 12 heavy (non-hydrogen) atoms. The molecule has 0 aromatic heterocycles. The van der Waals surface area contributed by atoms with Crippen molar-refractivity contribution in [2.24, 2.45) is 0 Å². The van der Waals surface area contributed by atoms with E-state index < -0.39 is 0 Å². The van der Waals surface area contributed by atoms with Crippen molar-refractivity contribution in [1.82, 2.24) is 0 Å². The van der Waals surface area contributed by atoms with Crippen LogP contribution in [0.1, 0.15) is 17.2 Å². The zero-order chi connectivity index (χ0) is 8.55. The molecular formula is C9H6FNO. The van der Waals surface area contributed by atoms with Crippen molar-refractivity contribution >= 4 is 0 Å². The minimum atomic E-state index is -0.350. The van der Waals surface area contributed by atoms with Crippen molar-refractivity contribution in [1.29, 1.82) is 5.26 Å². The molecule has 1 aromatic rings. The normalized spacial score (nSPS) is 20.2. The van der Waals surface area contributed by atoms with Crippen molar-refractivity contribution in [3.8, 4) is 6.07 Å². The van der Waals surface area contributed by atoms with Crippen LogP contribution in [-0.4, -0.2) is 6.61 Å². The second kappa shape index (κ2) is 2.58. The largest absolute Gasteiger partial charge is 0.368 e. The van der Waals surface area contributed by atoms with Crippen LogP contribution in [0.3, 0.4) is 0 Å². The van der Waals surface area contributed by atoms with Gasteiger partial charge in [-0.2, -0.15) is 5.26 Å². The average Bonchev–Trinajstić information content (AvgIpc) is 2.87. The van der Waals surface area contributed by atoms with Crippen molar-refractivity contribution in [2.75, 3.05) is 6.61 Å². The number of hydrogen-bond donors (Lipinski definition) is 0. The van der Waals surface area contributed by atoms with Gasteiger partial charge in [0.25, 0.3) is 0 Å². The topological polar surface area (TPSA) is 36.3 Å². The molecule has 1 aromatic carbocycles. The number of benzene rings is 1. The molecule has 1 heterocycles. The first-order valence-corrected chi connectivity index (χ1v) is 3.62. The molecule has 0 radical (unpaired) electrons. The Kier molecular flexibility index (Phi) is 1.56. The smallest absolute Gasteiger partial charge is 0.130 e. The van der Waals surface area contributed by atoms with E-state index in [0.717, 1.165) is 0 Å². The fourth-order valence-electron chi connectivity index (χ4n) is 1.09. The van der Waals surface area contributed by atoms with E-state index in [4.69, 9.17) is 10.00 Å². The second-order valence-electron chi connectivity index (χ2n) is 2.67. The van der Waals surface area contributed by atoms with Crippen LogP contribution < -0.4 is 0 Å². The van der Waals surface area contributed by atoms with Crippen LogP contribution in [0.2, 0.25) is 0 Å². The molecule has 1 aliphatic rings. The molecular weight excluding hydrogens is 157 g/mol. The number of nitrogens with zero attached hydrogens (tertiary/aromatic N) is 1. The van der Waals surface area contributed by atoms with Gasteiger partial charge in [0.2, 0.25) is 0 Å². The molecule has 2 nitrogen and oxygen atoms in total. The Bertz CT molecular complexity index is 352. The average molecular weight is 163 g/mol. The molecule has 1 aliphatic heterocycles. The summed E-state index contributed by atoms with van der Waals surface area (Å²) >= 11 is 0. The molecule has 1 unspecified atom stereocenters. The van der Waals surface area contributed by atoms with Gasteiger partial charge < -0.3 is 4.74 Å². The van der Waals surface area contributed by atoms with Crippen LogP contribution in [0.15, 0.2) is 18.2 Å². The van der Waals surface area contributed by atoms with E-state index in [-0.39, 0.29) is 11.9 Å². The standard InChI is InChI=1S/C9H6FNO/c10-8-3-6(4-11)1-2-7(8)9-5-12-9/h1-3,9H,5H2. The lowest BCUT2D eigenvalue weighted by Crippen LogP contribution is -1.88. The fourth-order valence-corrected chi connectivity index (χ4v) is 1.09. The van der Waals surface area contributed by atoms with E-state index in [1.165, 1.54) is 6.07 Å². The number of nitriles is 1. The van der Waals surface area contributed by atoms with Crippen molar-refractivity contribution in [3.05, 3.63) is 35.1 Å². The predicted octanol–water partition coefficient (Wildman–Crippen LogP) is 1.77. The van der Waals surface area contributed by atoms with Crippen molar-refractivity contribution < 1.29 is 9.13 Å². The van der Waals surface area contributed by atoms with Gasteiger partial charge in [0.15, 0.2) is 0 Å². The molecule has 0 amide bonds. The quantitative estimate of drug-likeness (QED) is 0.591. The summed E-state index contributed by atoms with van der Waals surface area (Å²) in [6.07, 6.45) is -0.0854. The second-order valence-corrected chi connectivity index (χ2v) is 2.67. The number of hydrogen-bond acceptors (Lipinski definition) is 2. The molecule has 2 rings (SSSR count). The number of halogens is 1. The lowest BCUT2D eigenvalue weighted by atomic mass is 10.1. The number of epoxide rings is 1. The lowest BCUT2D eigenvalue weighted by molar-refractivity contribution is 0.408. The van der Waals surface area contributed by atoms with Gasteiger partial charge in [0, 0.05) is 5.56 Å². The summed E-state index contributed by atoms with van der Waals surface area (Å²) in [7, 11) is 0. The Morgan fingerprint density at radius 2 is 2.33 bits per heavy atom. The van der Waals surface area contributed by atoms with E-state index in [9.17, 15) is 4.39 Å². The van der Waals surface area contributed by atoms with Crippen LogP contribution in [0.5, 0.6) is 0 Å². The van der Waals surface area contributed by atoms with Gasteiger partial charge in [-0.15, -0.1) is 0 Å². The molecule has 0 bridgehead atoms. The third-order valence-electron chi connectivity index (χ3n) is 1.81. The first kappa shape index (κ1) is 7.26. The van der Waals surface area contributed by atoms with Crippen LogP contribution >= 0.6 is 0 Å². The summed E-state index contributed by atoms with van der Waals surface area (Å²) in [5.41, 5.74) is 0.894. The van der Waals surface area contributed by atoms with Crippen LogP contribution in [0.4, 0.5) is 4.39 Å². The maximum atomic E-state index is 13.1. The van der Waals surface area contributed by atoms with E-state index in [2.05, 4.69) is 0 Å². The molecule has 1 fully saturated rings. The zero-order valence-electron chi connectivity index (χ0n) is 6.25. The van der Waals surface area contributed by atoms with Crippen LogP contribution in [-0.2, 0) is 4.74 Å². The molecule has 0 N–H and O–H groups in total. The Labute approximate surface area is 69.2 Å². The SMILES string of the molecule is N#Cc1ccc(C2CO2)c(F)c1. The van der Waals surface area contributed by atoms with Gasteiger partial charge in [-0.1, -0.05) is 6.07 Å². The monoisotopic (exact) mass is 163 g/mol. The lowest BCUT2D eigenvalue weighted by Gasteiger charge is -1.97. The van der Waals surface area contributed by atoms with Gasteiger partial charge in [-0.05, 0) is 12.1 Å². The zero-order valence-corrected chi connectivity index (χ0v) is 6.25. The predicted molar refractivity (Wildman–Crippen MR) is 39.8 cm³/mol. The third kappa shape index (κ3) is 1.17. The summed E-state index contributed by atoms with van der Waals surface area (Å²) in [6, 6.07) is 6.31. The molecule has 0 saturated carbocycles. The first-order valence-electron chi connectivity index (χ1n) is 3.62. The maximum absolute atomic E-state index is 13.1. The van der Waals surface area contributed by atoms with E-state index in [1.807, 2.05) is 6.07 Å². The highest BCUT2D eigenvalue weighted by atomic mass is 19.1. The summed E-state index contributed by atoms with van der Waals surface area (Å²) in [5.74, 6) is -0.350. The Morgan fingerprint density at radius 1 is 1.58 bits per heavy atom. The van der Waals surface area contributed by atoms with E-state index >= 15 is 0 Å². The van der Waals surface area contributed by atoms with Crippen molar-refractivity contribution in [3.63, 3.8) is 0 Å².